The highest BCUT2D eigenvalue weighted by Crippen LogP contribution is 2.19. The summed E-state index contributed by atoms with van der Waals surface area (Å²) in [5.41, 5.74) is -0.130. The third-order valence-electron chi connectivity index (χ3n) is 4.46. The Kier molecular flexibility index (Phi) is 6.16. The molecular formula is C17H22ClFN2O2. The minimum atomic E-state index is -0.567. The van der Waals surface area contributed by atoms with Crippen molar-refractivity contribution in [2.75, 3.05) is 26.8 Å². The second-order valence-electron chi connectivity index (χ2n) is 5.85. The largest absolute Gasteiger partial charge is 0.383 e. The molecule has 4 nitrogen and oxygen atoms in total. The van der Waals surface area contributed by atoms with Crippen LogP contribution in [0.1, 0.15) is 18.5 Å². The number of fused-ring (bicyclic) bond motifs is 1. The molecule has 1 aliphatic rings. The quantitative estimate of drug-likeness (QED) is 0.839. The van der Waals surface area contributed by atoms with Crippen LogP contribution in [-0.2, 0) is 11.2 Å². The lowest BCUT2D eigenvalue weighted by Crippen LogP contribution is -2.35. The standard InChI is InChI=1S/C17H21FN2O2.ClH/c1-22-12-15-6-4-9-19(15)10-8-14-11-13-5-2-3-7-16(13)17(21)20(14)18;/h2-3,5,7,11,15H,4,6,8-10,12H2,1H3;1H/t15-;/m0./s1. The fourth-order valence-corrected chi connectivity index (χ4v) is 3.29. The summed E-state index contributed by atoms with van der Waals surface area (Å²) in [5.74, 6) is 0. The third kappa shape index (κ3) is 3.74. The van der Waals surface area contributed by atoms with Crippen LogP contribution < -0.4 is 5.56 Å². The van der Waals surface area contributed by atoms with Crippen LogP contribution in [0.5, 0.6) is 0 Å². The topological polar surface area (TPSA) is 34.5 Å². The van der Waals surface area contributed by atoms with Crippen molar-refractivity contribution in [1.82, 2.24) is 9.69 Å². The van der Waals surface area contributed by atoms with Crippen molar-refractivity contribution in [3.8, 4) is 0 Å². The summed E-state index contributed by atoms with van der Waals surface area (Å²) in [7, 11) is 1.71. The Morgan fingerprint density at radius 1 is 1.35 bits per heavy atom. The molecule has 3 rings (SSSR count). The normalized spacial score (nSPS) is 18.3. The van der Waals surface area contributed by atoms with Gasteiger partial charge in [-0.25, -0.2) is 0 Å². The van der Waals surface area contributed by atoms with Gasteiger partial charge >= 0.3 is 0 Å². The number of nitrogens with zero attached hydrogens (tertiary/aromatic N) is 2. The molecule has 0 unspecified atom stereocenters. The van der Waals surface area contributed by atoms with Crippen LogP contribution in [0.3, 0.4) is 0 Å². The van der Waals surface area contributed by atoms with Gasteiger partial charge in [0, 0.05) is 31.5 Å². The Hall–Kier alpha value is -1.43. The van der Waals surface area contributed by atoms with Gasteiger partial charge in [0.15, 0.2) is 0 Å². The predicted octanol–water partition coefficient (Wildman–Crippen LogP) is 2.81. The van der Waals surface area contributed by atoms with Gasteiger partial charge in [0.25, 0.3) is 5.56 Å². The van der Waals surface area contributed by atoms with Gasteiger partial charge in [-0.15, -0.1) is 17.2 Å². The first-order valence-electron chi connectivity index (χ1n) is 7.73. The van der Waals surface area contributed by atoms with Crippen LogP contribution >= 0.6 is 12.4 Å². The molecule has 1 aromatic carbocycles. The molecule has 126 valence electrons. The number of benzene rings is 1. The monoisotopic (exact) mass is 340 g/mol. The summed E-state index contributed by atoms with van der Waals surface area (Å²) < 4.78 is 19.4. The number of aromatic nitrogens is 1. The zero-order valence-electron chi connectivity index (χ0n) is 13.2. The maximum atomic E-state index is 14.2. The van der Waals surface area contributed by atoms with Crippen molar-refractivity contribution in [3.05, 3.63) is 46.4 Å². The van der Waals surface area contributed by atoms with Gasteiger partial charge in [-0.3, -0.25) is 9.69 Å². The van der Waals surface area contributed by atoms with Gasteiger partial charge in [0.05, 0.1) is 12.3 Å². The molecule has 23 heavy (non-hydrogen) atoms. The number of ether oxygens (including phenoxy) is 1. The highest BCUT2D eigenvalue weighted by molar-refractivity contribution is 5.85. The molecule has 2 aromatic rings. The molecule has 2 heterocycles. The molecule has 1 aromatic heterocycles. The zero-order chi connectivity index (χ0) is 15.5. The number of pyridine rings is 1. The number of halogens is 2. The van der Waals surface area contributed by atoms with Gasteiger partial charge in [0.2, 0.25) is 0 Å². The van der Waals surface area contributed by atoms with E-state index >= 15 is 0 Å². The maximum absolute atomic E-state index is 14.2. The molecule has 1 fully saturated rings. The van der Waals surface area contributed by atoms with E-state index < -0.39 is 5.56 Å². The molecule has 0 bridgehead atoms. The second-order valence-corrected chi connectivity index (χ2v) is 5.85. The molecule has 0 aliphatic carbocycles. The van der Waals surface area contributed by atoms with Crippen molar-refractivity contribution in [1.29, 1.82) is 0 Å². The zero-order valence-corrected chi connectivity index (χ0v) is 14.0. The van der Waals surface area contributed by atoms with E-state index in [1.165, 1.54) is 0 Å². The van der Waals surface area contributed by atoms with E-state index in [-0.39, 0.29) is 12.4 Å². The minimum absolute atomic E-state index is 0. The van der Waals surface area contributed by atoms with Gasteiger partial charge in [-0.2, -0.15) is 0 Å². The smallest absolute Gasteiger partial charge is 0.286 e. The highest BCUT2D eigenvalue weighted by Gasteiger charge is 2.24. The first-order valence-corrected chi connectivity index (χ1v) is 7.73. The fourth-order valence-electron chi connectivity index (χ4n) is 3.29. The molecule has 6 heteroatoms. The SMILES string of the molecule is COC[C@@H]1CCCN1CCc1cc2ccccc2c(=O)n1F.Cl. The van der Waals surface area contributed by atoms with Crippen molar-refractivity contribution in [2.24, 2.45) is 0 Å². The molecule has 0 N–H and O–H groups in total. The van der Waals surface area contributed by atoms with Crippen LogP contribution in [0.2, 0.25) is 0 Å². The molecule has 0 amide bonds. The van der Waals surface area contributed by atoms with Crippen LogP contribution in [-0.4, -0.2) is 42.5 Å². The fraction of sp³-hybridized carbons (Fsp3) is 0.471. The Balaban J connectivity index is 0.00000192. The van der Waals surface area contributed by atoms with Crippen molar-refractivity contribution in [2.45, 2.75) is 25.3 Å². The van der Waals surface area contributed by atoms with Gasteiger partial charge in [0.1, 0.15) is 0 Å². The summed E-state index contributed by atoms with van der Waals surface area (Å²) >= 11 is 0. The molecule has 0 spiro atoms. The lowest BCUT2D eigenvalue weighted by Gasteiger charge is -2.23. The summed E-state index contributed by atoms with van der Waals surface area (Å²) in [6.07, 6.45) is 2.79. The number of hydrogen-bond donors (Lipinski definition) is 0. The molecule has 1 aliphatic heterocycles. The third-order valence-corrected chi connectivity index (χ3v) is 4.46. The first-order chi connectivity index (χ1) is 10.7. The number of likely N-dealkylation sites (tertiary alicyclic amines) is 1. The molecule has 1 atom stereocenters. The van der Waals surface area contributed by atoms with Gasteiger partial charge in [-0.1, -0.05) is 22.7 Å². The van der Waals surface area contributed by atoms with Crippen molar-refractivity contribution < 1.29 is 9.22 Å². The highest BCUT2D eigenvalue weighted by atomic mass is 35.5. The maximum Gasteiger partial charge on any atom is 0.286 e. The lowest BCUT2D eigenvalue weighted by molar-refractivity contribution is 0.115. The van der Waals surface area contributed by atoms with Gasteiger partial charge < -0.3 is 4.74 Å². The van der Waals surface area contributed by atoms with Crippen LogP contribution in [0.25, 0.3) is 10.8 Å². The number of hydrogen-bond acceptors (Lipinski definition) is 3. The lowest BCUT2D eigenvalue weighted by atomic mass is 10.1. The van der Waals surface area contributed by atoms with Crippen LogP contribution in [0, 0.1) is 0 Å². The summed E-state index contributed by atoms with van der Waals surface area (Å²) in [6.45, 7) is 2.47. The van der Waals surface area contributed by atoms with E-state index in [2.05, 4.69) is 4.90 Å². The Morgan fingerprint density at radius 3 is 2.91 bits per heavy atom. The Labute approximate surface area is 141 Å². The van der Waals surface area contributed by atoms with Crippen molar-refractivity contribution in [3.63, 3.8) is 0 Å². The van der Waals surface area contributed by atoms with E-state index in [4.69, 9.17) is 4.74 Å². The Bertz CT molecular complexity index is 719. The van der Waals surface area contributed by atoms with E-state index in [9.17, 15) is 9.28 Å². The average molecular weight is 341 g/mol. The summed E-state index contributed by atoms with van der Waals surface area (Å²) in [6, 6.07) is 9.31. The van der Waals surface area contributed by atoms with E-state index in [0.29, 0.717) is 34.9 Å². The van der Waals surface area contributed by atoms with E-state index in [1.807, 2.05) is 12.1 Å². The first kappa shape index (κ1) is 17.9. The molecule has 0 saturated carbocycles. The molecule has 0 radical (unpaired) electrons. The summed E-state index contributed by atoms with van der Waals surface area (Å²) in [4.78, 5) is 14.7. The van der Waals surface area contributed by atoms with Gasteiger partial charge in [-0.05, 0) is 36.9 Å². The Morgan fingerprint density at radius 2 is 2.13 bits per heavy atom. The molecule has 1 saturated heterocycles. The second kappa shape index (κ2) is 7.90. The van der Waals surface area contributed by atoms with Crippen LogP contribution in [0.15, 0.2) is 35.1 Å². The van der Waals surface area contributed by atoms with E-state index in [1.54, 1.807) is 25.3 Å². The average Bonchev–Trinajstić information content (AvgIpc) is 2.97. The van der Waals surface area contributed by atoms with E-state index in [0.717, 1.165) is 31.3 Å². The predicted molar refractivity (Wildman–Crippen MR) is 92.1 cm³/mol. The minimum Gasteiger partial charge on any atom is -0.383 e. The van der Waals surface area contributed by atoms with Crippen molar-refractivity contribution >= 4 is 23.2 Å². The summed E-state index contributed by atoms with van der Waals surface area (Å²) in [5, 5.41) is 1.22. The molecular weight excluding hydrogens is 319 g/mol. The number of rotatable bonds is 5. The van der Waals surface area contributed by atoms with Crippen LogP contribution in [0.4, 0.5) is 4.48 Å². The number of methoxy groups -OCH3 is 1.